The van der Waals surface area contributed by atoms with E-state index in [1.54, 1.807) is 7.11 Å². The van der Waals surface area contributed by atoms with Gasteiger partial charge in [0.1, 0.15) is 0 Å². The number of nitrogens with two attached hydrogens (primary N) is 1. The van der Waals surface area contributed by atoms with Gasteiger partial charge in [0, 0.05) is 19.7 Å². The van der Waals surface area contributed by atoms with E-state index in [1.807, 2.05) is 0 Å². The molecule has 120 valence electrons. The Bertz CT molecular complexity index is 229. The van der Waals surface area contributed by atoms with Gasteiger partial charge in [0.2, 0.25) is 0 Å². The van der Waals surface area contributed by atoms with Crippen molar-refractivity contribution in [1.82, 2.24) is 4.90 Å². The number of ether oxygens (including phenoxy) is 3. The number of methoxy groups -OCH3 is 1. The molecule has 5 nitrogen and oxygen atoms in total. The van der Waals surface area contributed by atoms with Gasteiger partial charge in [0.05, 0.1) is 33.0 Å². The van der Waals surface area contributed by atoms with Gasteiger partial charge in [-0.1, -0.05) is 13.3 Å². The molecule has 0 bridgehead atoms. The summed E-state index contributed by atoms with van der Waals surface area (Å²) in [6.07, 6.45) is 3.89. The quantitative estimate of drug-likeness (QED) is 0.545. The Morgan fingerprint density at radius 3 is 2.40 bits per heavy atom. The highest BCUT2D eigenvalue weighted by Crippen LogP contribution is 2.28. The van der Waals surface area contributed by atoms with Crippen LogP contribution >= 0.6 is 0 Å². The Morgan fingerprint density at radius 1 is 1.05 bits per heavy atom. The van der Waals surface area contributed by atoms with Crippen LogP contribution in [0.25, 0.3) is 0 Å². The van der Waals surface area contributed by atoms with Gasteiger partial charge in [-0.2, -0.15) is 0 Å². The molecule has 20 heavy (non-hydrogen) atoms. The van der Waals surface area contributed by atoms with E-state index in [0.717, 1.165) is 26.2 Å². The lowest BCUT2D eigenvalue weighted by molar-refractivity contribution is 0.0155. The zero-order valence-corrected chi connectivity index (χ0v) is 13.2. The molecule has 0 aliphatic heterocycles. The summed E-state index contributed by atoms with van der Waals surface area (Å²) in [7, 11) is 1.68. The van der Waals surface area contributed by atoms with E-state index in [1.165, 1.54) is 19.3 Å². The van der Waals surface area contributed by atoms with Crippen molar-refractivity contribution in [3.63, 3.8) is 0 Å². The minimum atomic E-state index is 0.640. The molecule has 1 saturated carbocycles. The van der Waals surface area contributed by atoms with E-state index in [4.69, 9.17) is 19.9 Å². The molecule has 0 aromatic rings. The van der Waals surface area contributed by atoms with Gasteiger partial charge in [0.25, 0.3) is 0 Å². The lowest BCUT2D eigenvalue weighted by atomic mass is 10.0. The molecule has 0 radical (unpaired) electrons. The second-order valence-electron chi connectivity index (χ2n) is 5.34. The van der Waals surface area contributed by atoms with Crippen LogP contribution in [0.1, 0.15) is 26.2 Å². The number of nitrogens with zero attached hydrogens (tertiary/aromatic N) is 1. The van der Waals surface area contributed by atoms with E-state index in [2.05, 4.69) is 11.8 Å². The van der Waals surface area contributed by atoms with E-state index in [-0.39, 0.29) is 0 Å². The van der Waals surface area contributed by atoms with Gasteiger partial charge in [-0.05, 0) is 31.8 Å². The Kier molecular flexibility index (Phi) is 10.2. The van der Waals surface area contributed by atoms with Crippen LogP contribution in [0.2, 0.25) is 0 Å². The second-order valence-corrected chi connectivity index (χ2v) is 5.34. The summed E-state index contributed by atoms with van der Waals surface area (Å²) >= 11 is 0. The normalized spacial score (nSPS) is 22.8. The maximum Gasteiger partial charge on any atom is 0.0701 e. The smallest absolute Gasteiger partial charge is 0.0701 e. The van der Waals surface area contributed by atoms with Crippen LogP contribution in [0.15, 0.2) is 0 Å². The molecule has 1 fully saturated rings. The first-order valence-electron chi connectivity index (χ1n) is 7.92. The summed E-state index contributed by atoms with van der Waals surface area (Å²) in [4.78, 5) is 2.52. The van der Waals surface area contributed by atoms with Crippen LogP contribution in [0, 0.1) is 5.92 Å². The van der Waals surface area contributed by atoms with Crippen molar-refractivity contribution < 1.29 is 14.2 Å². The summed E-state index contributed by atoms with van der Waals surface area (Å²) in [6.45, 7) is 8.47. The molecule has 0 amide bonds. The minimum Gasteiger partial charge on any atom is -0.382 e. The fourth-order valence-corrected chi connectivity index (χ4v) is 2.98. The zero-order chi connectivity index (χ0) is 14.6. The van der Waals surface area contributed by atoms with E-state index in [9.17, 15) is 0 Å². The third kappa shape index (κ3) is 6.50. The molecule has 1 aliphatic rings. The van der Waals surface area contributed by atoms with Gasteiger partial charge < -0.3 is 19.9 Å². The van der Waals surface area contributed by atoms with E-state index < -0.39 is 0 Å². The zero-order valence-electron chi connectivity index (χ0n) is 13.2. The largest absolute Gasteiger partial charge is 0.382 e. The van der Waals surface area contributed by atoms with Gasteiger partial charge in [-0.25, -0.2) is 0 Å². The molecule has 2 unspecified atom stereocenters. The summed E-state index contributed by atoms with van der Waals surface area (Å²) in [6, 6.07) is 0.659. The molecule has 0 spiro atoms. The first kappa shape index (κ1) is 17.9. The molecule has 0 aromatic carbocycles. The molecule has 1 aliphatic carbocycles. The summed E-state index contributed by atoms with van der Waals surface area (Å²) in [5.41, 5.74) is 5.87. The van der Waals surface area contributed by atoms with Crippen LogP contribution in [-0.4, -0.2) is 70.7 Å². The monoisotopic (exact) mass is 288 g/mol. The van der Waals surface area contributed by atoms with Crippen molar-refractivity contribution in [2.24, 2.45) is 11.7 Å². The third-order valence-electron chi connectivity index (χ3n) is 4.12. The molecular formula is C15H32N2O3. The first-order valence-corrected chi connectivity index (χ1v) is 7.92. The van der Waals surface area contributed by atoms with Gasteiger partial charge in [0.15, 0.2) is 0 Å². The van der Waals surface area contributed by atoms with Crippen molar-refractivity contribution >= 4 is 0 Å². The predicted octanol–water partition coefficient (Wildman–Crippen LogP) is 1.12. The highest BCUT2D eigenvalue weighted by atomic mass is 16.5. The fourth-order valence-electron chi connectivity index (χ4n) is 2.98. The summed E-state index contributed by atoms with van der Waals surface area (Å²) in [5.74, 6) is 0.673. The highest BCUT2D eigenvalue weighted by molar-refractivity contribution is 4.85. The minimum absolute atomic E-state index is 0.640. The van der Waals surface area contributed by atoms with Gasteiger partial charge >= 0.3 is 0 Å². The highest BCUT2D eigenvalue weighted by Gasteiger charge is 2.29. The summed E-state index contributed by atoms with van der Waals surface area (Å²) < 4.78 is 15.9. The van der Waals surface area contributed by atoms with Crippen molar-refractivity contribution in [3.8, 4) is 0 Å². The van der Waals surface area contributed by atoms with Crippen LogP contribution < -0.4 is 5.73 Å². The number of hydrogen-bond donors (Lipinski definition) is 1. The van der Waals surface area contributed by atoms with E-state index >= 15 is 0 Å². The Morgan fingerprint density at radius 2 is 1.75 bits per heavy atom. The van der Waals surface area contributed by atoms with Crippen molar-refractivity contribution in [2.45, 2.75) is 32.2 Å². The van der Waals surface area contributed by atoms with E-state index in [0.29, 0.717) is 38.4 Å². The topological polar surface area (TPSA) is 57.0 Å². The van der Waals surface area contributed by atoms with Crippen LogP contribution in [-0.2, 0) is 14.2 Å². The molecular weight excluding hydrogens is 256 g/mol. The Hall–Kier alpha value is -0.200. The Balaban J connectivity index is 2.06. The predicted molar refractivity (Wildman–Crippen MR) is 80.9 cm³/mol. The van der Waals surface area contributed by atoms with Crippen LogP contribution in [0.5, 0.6) is 0 Å². The van der Waals surface area contributed by atoms with Crippen LogP contribution in [0.4, 0.5) is 0 Å². The average Bonchev–Trinajstić information content (AvgIpc) is 2.94. The molecule has 2 N–H and O–H groups in total. The lowest BCUT2D eigenvalue weighted by Crippen LogP contribution is -2.42. The second kappa shape index (κ2) is 11.5. The number of likely N-dealkylation sites (N-methyl/N-ethyl adjacent to an activating group) is 1. The SMILES string of the molecule is CCN(CCOCCOCCOC)C1CCCC1CN. The average molecular weight is 288 g/mol. The summed E-state index contributed by atoms with van der Waals surface area (Å²) in [5, 5.41) is 0. The van der Waals surface area contributed by atoms with Crippen molar-refractivity contribution in [2.75, 3.05) is 59.8 Å². The van der Waals surface area contributed by atoms with Crippen molar-refractivity contribution in [1.29, 1.82) is 0 Å². The van der Waals surface area contributed by atoms with Crippen molar-refractivity contribution in [3.05, 3.63) is 0 Å². The molecule has 0 aromatic heterocycles. The molecule has 2 atom stereocenters. The lowest BCUT2D eigenvalue weighted by Gasteiger charge is -2.31. The maximum atomic E-state index is 5.87. The fraction of sp³-hybridized carbons (Fsp3) is 1.00. The molecule has 5 heteroatoms. The molecule has 0 saturated heterocycles. The standard InChI is InChI=1S/C15H32N2O3/c1-3-17(15-6-4-5-14(15)13-16)7-8-19-11-12-20-10-9-18-2/h14-15H,3-13,16H2,1-2H3. The third-order valence-corrected chi connectivity index (χ3v) is 4.12. The number of hydrogen-bond acceptors (Lipinski definition) is 5. The molecule has 0 heterocycles. The molecule has 1 rings (SSSR count). The first-order chi connectivity index (χ1) is 9.83. The van der Waals surface area contributed by atoms with Crippen LogP contribution in [0.3, 0.4) is 0 Å². The Labute approximate surface area is 123 Å². The maximum absolute atomic E-state index is 5.87. The van der Waals surface area contributed by atoms with Gasteiger partial charge in [-0.3, -0.25) is 4.90 Å². The van der Waals surface area contributed by atoms with Gasteiger partial charge in [-0.15, -0.1) is 0 Å². The number of rotatable bonds is 12.